The highest BCUT2D eigenvalue weighted by Gasteiger charge is 2.07. The fourth-order valence-corrected chi connectivity index (χ4v) is 1.82. The van der Waals surface area contributed by atoms with Gasteiger partial charge >= 0.3 is 0 Å². The monoisotopic (exact) mass is 239 g/mol. The molecule has 0 saturated heterocycles. The van der Waals surface area contributed by atoms with Gasteiger partial charge in [0, 0.05) is 26.4 Å². The molecular formula is C13H25N3O. The Balaban J connectivity index is 2.42. The topological polar surface area (TPSA) is 39.1 Å². The first-order valence-electron chi connectivity index (χ1n) is 6.32. The van der Waals surface area contributed by atoms with Crippen molar-refractivity contribution in [2.75, 3.05) is 20.3 Å². The maximum absolute atomic E-state index is 5.16. The van der Waals surface area contributed by atoms with E-state index in [0.717, 1.165) is 26.2 Å². The quantitative estimate of drug-likeness (QED) is 0.753. The number of aromatic nitrogens is 2. The van der Waals surface area contributed by atoms with Crippen LogP contribution in [0.25, 0.3) is 0 Å². The van der Waals surface area contributed by atoms with Crippen LogP contribution in [-0.4, -0.2) is 29.8 Å². The molecule has 0 aromatic carbocycles. The lowest BCUT2D eigenvalue weighted by molar-refractivity contribution is 0.151. The van der Waals surface area contributed by atoms with E-state index in [1.807, 2.05) is 12.5 Å². The van der Waals surface area contributed by atoms with E-state index in [4.69, 9.17) is 4.74 Å². The molecule has 0 fully saturated rings. The molecule has 0 aliphatic rings. The Labute approximate surface area is 104 Å². The van der Waals surface area contributed by atoms with Gasteiger partial charge < -0.3 is 14.6 Å². The van der Waals surface area contributed by atoms with Gasteiger partial charge in [0.05, 0.1) is 18.6 Å². The Hall–Kier alpha value is -0.870. The molecule has 0 spiro atoms. The molecule has 1 atom stereocenters. The molecule has 0 aliphatic heterocycles. The van der Waals surface area contributed by atoms with Gasteiger partial charge in [0.1, 0.15) is 0 Å². The van der Waals surface area contributed by atoms with Crippen LogP contribution in [0.3, 0.4) is 0 Å². The predicted molar refractivity (Wildman–Crippen MR) is 69.8 cm³/mol. The second-order valence-corrected chi connectivity index (χ2v) is 5.12. The van der Waals surface area contributed by atoms with E-state index < -0.39 is 0 Å². The predicted octanol–water partition coefficient (Wildman–Crippen LogP) is 1.91. The molecule has 0 radical (unpaired) electrons. The van der Waals surface area contributed by atoms with Crippen LogP contribution < -0.4 is 5.32 Å². The van der Waals surface area contributed by atoms with Crippen molar-refractivity contribution in [3.8, 4) is 0 Å². The number of rotatable bonds is 8. The van der Waals surface area contributed by atoms with Crippen LogP contribution in [0, 0.1) is 11.8 Å². The Morgan fingerprint density at radius 1 is 1.41 bits per heavy atom. The second kappa shape index (κ2) is 7.45. The Morgan fingerprint density at radius 2 is 2.18 bits per heavy atom. The lowest BCUT2D eigenvalue weighted by Crippen LogP contribution is -2.22. The van der Waals surface area contributed by atoms with Gasteiger partial charge in [-0.3, -0.25) is 0 Å². The summed E-state index contributed by atoms with van der Waals surface area (Å²) in [5.74, 6) is 1.19. The van der Waals surface area contributed by atoms with Gasteiger partial charge in [-0.2, -0.15) is 0 Å². The van der Waals surface area contributed by atoms with Crippen LogP contribution in [0.4, 0.5) is 0 Å². The molecule has 1 unspecified atom stereocenters. The number of ether oxygens (including phenoxy) is 1. The Bertz CT molecular complexity index is 309. The van der Waals surface area contributed by atoms with E-state index in [1.54, 1.807) is 7.11 Å². The summed E-state index contributed by atoms with van der Waals surface area (Å²) in [4.78, 5) is 4.22. The molecule has 1 aromatic rings. The highest BCUT2D eigenvalue weighted by atomic mass is 16.5. The summed E-state index contributed by atoms with van der Waals surface area (Å²) in [6.45, 7) is 10.3. The molecule has 0 bridgehead atoms. The van der Waals surface area contributed by atoms with Crippen molar-refractivity contribution in [3.63, 3.8) is 0 Å². The van der Waals surface area contributed by atoms with Gasteiger partial charge in [0.2, 0.25) is 0 Å². The van der Waals surface area contributed by atoms with Crippen molar-refractivity contribution in [2.45, 2.75) is 33.9 Å². The number of methoxy groups -OCH3 is 1. The fraction of sp³-hybridized carbons (Fsp3) is 0.769. The Morgan fingerprint density at radius 3 is 2.82 bits per heavy atom. The normalized spacial score (nSPS) is 13.2. The molecule has 17 heavy (non-hydrogen) atoms. The maximum atomic E-state index is 5.16. The van der Waals surface area contributed by atoms with E-state index in [-0.39, 0.29) is 0 Å². The van der Waals surface area contributed by atoms with Crippen molar-refractivity contribution >= 4 is 0 Å². The first-order valence-corrected chi connectivity index (χ1v) is 6.32. The van der Waals surface area contributed by atoms with Gasteiger partial charge in [-0.25, -0.2) is 4.98 Å². The first-order chi connectivity index (χ1) is 8.13. The van der Waals surface area contributed by atoms with Crippen molar-refractivity contribution in [2.24, 2.45) is 11.8 Å². The van der Waals surface area contributed by atoms with E-state index in [2.05, 4.69) is 35.6 Å². The highest BCUT2D eigenvalue weighted by Crippen LogP contribution is 2.05. The first kappa shape index (κ1) is 14.2. The number of nitrogens with zero attached hydrogens (tertiary/aromatic N) is 2. The summed E-state index contributed by atoms with van der Waals surface area (Å²) in [5, 5.41) is 3.44. The minimum Gasteiger partial charge on any atom is -0.384 e. The Kier molecular flexibility index (Phi) is 6.22. The van der Waals surface area contributed by atoms with Crippen molar-refractivity contribution in [1.29, 1.82) is 0 Å². The van der Waals surface area contributed by atoms with E-state index in [0.29, 0.717) is 11.8 Å². The zero-order valence-corrected chi connectivity index (χ0v) is 11.4. The smallest absolute Gasteiger partial charge is 0.0948 e. The van der Waals surface area contributed by atoms with E-state index >= 15 is 0 Å². The van der Waals surface area contributed by atoms with E-state index in [9.17, 15) is 0 Å². The number of hydrogen-bond donors (Lipinski definition) is 1. The summed E-state index contributed by atoms with van der Waals surface area (Å²) in [7, 11) is 1.75. The fourth-order valence-electron chi connectivity index (χ4n) is 1.82. The summed E-state index contributed by atoms with van der Waals surface area (Å²) in [6.07, 6.45) is 3.84. The van der Waals surface area contributed by atoms with Crippen LogP contribution >= 0.6 is 0 Å². The number of imidazole rings is 1. The van der Waals surface area contributed by atoms with Gasteiger partial charge in [0.15, 0.2) is 0 Å². The molecule has 0 aliphatic carbocycles. The van der Waals surface area contributed by atoms with E-state index in [1.165, 1.54) is 5.69 Å². The van der Waals surface area contributed by atoms with Crippen molar-refractivity contribution in [1.82, 2.24) is 14.9 Å². The van der Waals surface area contributed by atoms with Crippen LogP contribution in [0.5, 0.6) is 0 Å². The summed E-state index contributed by atoms with van der Waals surface area (Å²) >= 11 is 0. The molecule has 1 aromatic heterocycles. The number of nitrogens with one attached hydrogen (secondary N) is 1. The SMILES string of the molecule is COCC(C)Cn1cncc1CNCC(C)C. The minimum absolute atomic E-state index is 0.512. The van der Waals surface area contributed by atoms with Gasteiger partial charge in [-0.05, 0) is 18.4 Å². The molecule has 1 N–H and O–H groups in total. The highest BCUT2D eigenvalue weighted by molar-refractivity contribution is 4.98. The largest absolute Gasteiger partial charge is 0.384 e. The molecule has 0 saturated carbocycles. The third kappa shape index (κ3) is 5.33. The maximum Gasteiger partial charge on any atom is 0.0948 e. The average Bonchev–Trinajstić information content (AvgIpc) is 2.65. The standard InChI is InChI=1S/C13H25N3O/c1-11(2)5-14-6-13-7-15-10-16(13)8-12(3)9-17-4/h7,10-12,14H,5-6,8-9H2,1-4H3. The van der Waals surface area contributed by atoms with Crippen LogP contribution in [0.2, 0.25) is 0 Å². The van der Waals surface area contributed by atoms with Crippen LogP contribution in [0.1, 0.15) is 26.5 Å². The number of hydrogen-bond acceptors (Lipinski definition) is 3. The zero-order valence-electron chi connectivity index (χ0n) is 11.4. The molecule has 98 valence electrons. The minimum atomic E-state index is 0.512. The molecule has 0 amide bonds. The van der Waals surface area contributed by atoms with Gasteiger partial charge in [-0.1, -0.05) is 20.8 Å². The van der Waals surface area contributed by atoms with Crippen LogP contribution in [-0.2, 0) is 17.8 Å². The average molecular weight is 239 g/mol. The van der Waals surface area contributed by atoms with Gasteiger partial charge in [-0.15, -0.1) is 0 Å². The molecule has 1 heterocycles. The third-order valence-electron chi connectivity index (χ3n) is 2.62. The molecule has 4 nitrogen and oxygen atoms in total. The lowest BCUT2D eigenvalue weighted by Gasteiger charge is -2.14. The van der Waals surface area contributed by atoms with Gasteiger partial charge in [0.25, 0.3) is 0 Å². The molecular weight excluding hydrogens is 214 g/mol. The second-order valence-electron chi connectivity index (χ2n) is 5.12. The lowest BCUT2D eigenvalue weighted by atomic mass is 10.2. The summed E-state index contributed by atoms with van der Waals surface area (Å²) in [6, 6.07) is 0. The molecule has 4 heteroatoms. The summed E-state index contributed by atoms with van der Waals surface area (Å²) in [5.41, 5.74) is 1.24. The zero-order chi connectivity index (χ0) is 12.7. The third-order valence-corrected chi connectivity index (χ3v) is 2.62. The van der Waals surface area contributed by atoms with Crippen molar-refractivity contribution < 1.29 is 4.74 Å². The van der Waals surface area contributed by atoms with Crippen LogP contribution in [0.15, 0.2) is 12.5 Å². The summed E-state index contributed by atoms with van der Waals surface area (Å²) < 4.78 is 7.36. The molecule has 1 rings (SSSR count). The van der Waals surface area contributed by atoms with Crippen molar-refractivity contribution in [3.05, 3.63) is 18.2 Å².